The predicted molar refractivity (Wildman–Crippen MR) is 34.3 cm³/mol. The Hall–Kier alpha value is -0.530. The lowest BCUT2D eigenvalue weighted by Crippen LogP contribution is -2.16. The van der Waals surface area contributed by atoms with Gasteiger partial charge in [0.05, 0.1) is 5.92 Å². The van der Waals surface area contributed by atoms with E-state index < -0.39 is 5.97 Å². The molecule has 0 unspecified atom stereocenters. The minimum absolute atomic E-state index is 0.0648. The second-order valence-electron chi connectivity index (χ2n) is 4.00. The first-order valence-corrected chi connectivity index (χ1v) is 4.02. The summed E-state index contributed by atoms with van der Waals surface area (Å²) in [6.45, 7) is 0. The molecule has 10 heavy (non-hydrogen) atoms. The van der Waals surface area contributed by atoms with E-state index in [1.54, 1.807) is 0 Å². The normalized spacial score (nSPS) is 61.0. The quantitative estimate of drug-likeness (QED) is 0.586. The Morgan fingerprint density at radius 1 is 1.30 bits per heavy atom. The lowest BCUT2D eigenvalue weighted by Gasteiger charge is -2.06. The van der Waals surface area contributed by atoms with Crippen LogP contribution >= 0.6 is 0 Å². The largest absolute Gasteiger partial charge is 0.481 e. The number of carboxylic acid groups (broad SMARTS) is 1. The van der Waals surface area contributed by atoms with Gasteiger partial charge in [-0.2, -0.15) is 0 Å². The Bertz CT molecular complexity index is 197. The molecule has 2 heteroatoms. The molecule has 2 nitrogen and oxygen atoms in total. The van der Waals surface area contributed by atoms with Gasteiger partial charge in [-0.05, 0) is 36.5 Å². The summed E-state index contributed by atoms with van der Waals surface area (Å²) in [6, 6.07) is 0. The van der Waals surface area contributed by atoms with Gasteiger partial charge in [0.2, 0.25) is 0 Å². The highest BCUT2D eigenvalue weighted by Gasteiger charge is 2.70. The summed E-state index contributed by atoms with van der Waals surface area (Å²) in [6.07, 6.45) is 2.46. The van der Waals surface area contributed by atoms with Crippen LogP contribution in [0.15, 0.2) is 0 Å². The molecule has 0 aliphatic heterocycles. The van der Waals surface area contributed by atoms with E-state index in [2.05, 4.69) is 0 Å². The van der Waals surface area contributed by atoms with Crippen molar-refractivity contribution in [2.45, 2.75) is 12.8 Å². The first kappa shape index (κ1) is 5.16. The third-order valence-corrected chi connectivity index (χ3v) is 3.76. The van der Waals surface area contributed by atoms with E-state index >= 15 is 0 Å². The van der Waals surface area contributed by atoms with Crippen molar-refractivity contribution in [2.75, 3.05) is 0 Å². The van der Waals surface area contributed by atoms with Crippen molar-refractivity contribution < 1.29 is 9.90 Å². The molecule has 0 radical (unpaired) electrons. The molecular weight excluding hydrogens is 128 g/mol. The molecule has 0 spiro atoms. The van der Waals surface area contributed by atoms with Crippen LogP contribution in [0.4, 0.5) is 0 Å². The molecule has 4 bridgehead atoms. The molecule has 4 aliphatic rings. The highest BCUT2D eigenvalue weighted by Crippen LogP contribution is 2.73. The van der Waals surface area contributed by atoms with E-state index in [0.717, 1.165) is 11.8 Å². The fraction of sp³-hybridized carbons (Fsp3) is 0.875. The average Bonchev–Trinajstić information content (AvgIpc) is 2.38. The maximum Gasteiger partial charge on any atom is 0.307 e. The second kappa shape index (κ2) is 1.25. The Kier molecular flexibility index (Phi) is 0.644. The second-order valence-corrected chi connectivity index (χ2v) is 4.00. The zero-order chi connectivity index (χ0) is 6.88. The highest BCUT2D eigenvalue weighted by molar-refractivity contribution is 5.73. The minimum atomic E-state index is -0.530. The van der Waals surface area contributed by atoms with Crippen LogP contribution in [0.3, 0.4) is 0 Å². The molecule has 0 amide bonds. The summed E-state index contributed by atoms with van der Waals surface area (Å²) < 4.78 is 0. The summed E-state index contributed by atoms with van der Waals surface area (Å²) in [5.74, 6) is 2.39. The maximum absolute atomic E-state index is 10.7. The van der Waals surface area contributed by atoms with Gasteiger partial charge in [0.15, 0.2) is 0 Å². The Morgan fingerprint density at radius 2 is 1.90 bits per heavy atom. The van der Waals surface area contributed by atoms with Crippen LogP contribution in [0.2, 0.25) is 0 Å². The van der Waals surface area contributed by atoms with E-state index in [1.807, 2.05) is 0 Å². The molecule has 0 saturated heterocycles. The summed E-state index contributed by atoms with van der Waals surface area (Å²) in [4.78, 5) is 10.7. The van der Waals surface area contributed by atoms with Crippen molar-refractivity contribution in [3.63, 3.8) is 0 Å². The summed E-state index contributed by atoms with van der Waals surface area (Å²) in [5.41, 5.74) is 0. The number of rotatable bonds is 1. The van der Waals surface area contributed by atoms with E-state index in [4.69, 9.17) is 5.11 Å². The third-order valence-electron chi connectivity index (χ3n) is 3.76. The first-order valence-electron chi connectivity index (χ1n) is 4.02. The van der Waals surface area contributed by atoms with Crippen LogP contribution in [0.1, 0.15) is 12.8 Å². The molecule has 0 aromatic heterocycles. The molecule has 0 aromatic carbocycles. The van der Waals surface area contributed by atoms with Crippen LogP contribution in [0, 0.1) is 29.6 Å². The maximum atomic E-state index is 10.7. The molecular formula is C8H10O2. The molecule has 4 aliphatic carbocycles. The molecule has 54 valence electrons. The van der Waals surface area contributed by atoms with Crippen molar-refractivity contribution in [3.05, 3.63) is 0 Å². The number of aliphatic carboxylic acids is 1. The summed E-state index contributed by atoms with van der Waals surface area (Å²) in [7, 11) is 0. The molecule has 1 N–H and O–H groups in total. The van der Waals surface area contributed by atoms with Gasteiger partial charge in [-0.15, -0.1) is 0 Å². The first-order chi connectivity index (χ1) is 4.79. The van der Waals surface area contributed by atoms with Crippen molar-refractivity contribution >= 4 is 5.97 Å². The van der Waals surface area contributed by atoms with E-state index in [1.165, 1.54) is 12.8 Å². The van der Waals surface area contributed by atoms with Gasteiger partial charge < -0.3 is 5.11 Å². The third kappa shape index (κ3) is 0.360. The molecule has 4 saturated carbocycles. The van der Waals surface area contributed by atoms with Crippen LogP contribution in [0.25, 0.3) is 0 Å². The Morgan fingerprint density at radius 3 is 2.10 bits per heavy atom. The van der Waals surface area contributed by atoms with E-state index in [-0.39, 0.29) is 5.92 Å². The topological polar surface area (TPSA) is 37.3 Å². The average molecular weight is 138 g/mol. The van der Waals surface area contributed by atoms with Crippen molar-refractivity contribution in [3.8, 4) is 0 Å². The number of carbonyl (C=O) groups is 1. The SMILES string of the molecule is O=C(O)[C@@H]1C2C[C@H]3C1[C@@H]3C2. The predicted octanol–water partition coefficient (Wildman–Crippen LogP) is 0.973. The molecule has 4 fully saturated rings. The van der Waals surface area contributed by atoms with Gasteiger partial charge in [0, 0.05) is 0 Å². The van der Waals surface area contributed by atoms with Gasteiger partial charge in [-0.3, -0.25) is 4.79 Å². The zero-order valence-electron chi connectivity index (χ0n) is 5.66. The lowest BCUT2D eigenvalue weighted by molar-refractivity contribution is -0.143. The van der Waals surface area contributed by atoms with E-state index in [0.29, 0.717) is 11.8 Å². The van der Waals surface area contributed by atoms with E-state index in [9.17, 15) is 4.79 Å². The van der Waals surface area contributed by atoms with Crippen molar-refractivity contribution in [1.82, 2.24) is 0 Å². The van der Waals surface area contributed by atoms with Crippen LogP contribution in [-0.2, 0) is 4.79 Å². The molecule has 0 heterocycles. The smallest absolute Gasteiger partial charge is 0.307 e. The monoisotopic (exact) mass is 138 g/mol. The van der Waals surface area contributed by atoms with Gasteiger partial charge in [-0.25, -0.2) is 0 Å². The minimum Gasteiger partial charge on any atom is -0.481 e. The van der Waals surface area contributed by atoms with Crippen LogP contribution in [-0.4, -0.2) is 11.1 Å². The summed E-state index contributed by atoms with van der Waals surface area (Å²) in [5, 5.41) is 8.81. The zero-order valence-corrected chi connectivity index (χ0v) is 5.66. The standard InChI is InChI=1S/C8H10O2/c9-8(10)6-3-1-4-5(2-3)7(4)6/h3-7H,1-2H2,(H,9,10)/t3?,4-,5-,6-,7?/m1/s1. The number of carboxylic acids is 1. The number of hydrogen-bond donors (Lipinski definition) is 1. The fourth-order valence-electron chi connectivity index (χ4n) is 3.44. The van der Waals surface area contributed by atoms with Gasteiger partial charge in [-0.1, -0.05) is 0 Å². The van der Waals surface area contributed by atoms with Crippen LogP contribution in [0.5, 0.6) is 0 Å². The van der Waals surface area contributed by atoms with Crippen LogP contribution < -0.4 is 0 Å². The fourth-order valence-corrected chi connectivity index (χ4v) is 3.44. The Labute approximate surface area is 59.2 Å². The number of hydrogen-bond acceptors (Lipinski definition) is 1. The molecule has 0 aromatic rings. The molecule has 3 atom stereocenters. The molecule has 4 rings (SSSR count). The van der Waals surface area contributed by atoms with Gasteiger partial charge in [0.1, 0.15) is 0 Å². The van der Waals surface area contributed by atoms with Gasteiger partial charge in [0.25, 0.3) is 0 Å². The van der Waals surface area contributed by atoms with Crippen molar-refractivity contribution in [1.29, 1.82) is 0 Å². The highest BCUT2D eigenvalue weighted by atomic mass is 16.4. The van der Waals surface area contributed by atoms with Crippen molar-refractivity contribution in [2.24, 2.45) is 29.6 Å². The lowest BCUT2D eigenvalue weighted by atomic mass is 9.99. The summed E-state index contributed by atoms with van der Waals surface area (Å²) >= 11 is 0. The Balaban J connectivity index is 1.97. The van der Waals surface area contributed by atoms with Gasteiger partial charge >= 0.3 is 5.97 Å².